The molecule has 1 fully saturated rings. The van der Waals surface area contributed by atoms with E-state index in [2.05, 4.69) is 10.2 Å². The van der Waals surface area contributed by atoms with Gasteiger partial charge in [0.25, 0.3) is 5.91 Å². The van der Waals surface area contributed by atoms with Gasteiger partial charge in [-0.05, 0) is 6.42 Å². The summed E-state index contributed by atoms with van der Waals surface area (Å²) in [6.45, 7) is -0.275. The van der Waals surface area contributed by atoms with Crippen molar-refractivity contribution >= 4 is 5.91 Å². The number of hydrogen-bond donors (Lipinski definition) is 6. The fraction of sp³-hybridized carbons (Fsp3) is 0.600. The van der Waals surface area contributed by atoms with Crippen LogP contribution in [0.3, 0.4) is 0 Å². The Balaban J connectivity index is 2.30. The van der Waals surface area contributed by atoms with Gasteiger partial charge in [0, 0.05) is 18.4 Å². The van der Waals surface area contributed by atoms with Gasteiger partial charge in [-0.1, -0.05) is 0 Å². The third-order valence-electron chi connectivity index (χ3n) is 3.40. The number of H-pyrrole nitrogens is 1. The Hall–Kier alpha value is -1.64. The molecule has 18 heavy (non-hydrogen) atoms. The molecular formula is C10H15N3O5. The number of aliphatic hydroxyl groups is 3. The van der Waals surface area contributed by atoms with Crippen LogP contribution in [0.2, 0.25) is 0 Å². The van der Waals surface area contributed by atoms with Crippen LogP contribution in [0.1, 0.15) is 28.5 Å². The van der Waals surface area contributed by atoms with Gasteiger partial charge < -0.3 is 26.2 Å². The third-order valence-corrected chi connectivity index (χ3v) is 3.40. The number of amides is 1. The zero-order valence-electron chi connectivity index (χ0n) is 9.45. The summed E-state index contributed by atoms with van der Waals surface area (Å²) in [6, 6.07) is 0. The zero-order valence-corrected chi connectivity index (χ0v) is 9.45. The zero-order chi connectivity index (χ0) is 13.4. The van der Waals surface area contributed by atoms with Crippen LogP contribution >= 0.6 is 0 Å². The predicted molar refractivity (Wildman–Crippen MR) is 58.7 cm³/mol. The molecule has 1 aromatic rings. The molecule has 0 spiro atoms. The predicted octanol–water partition coefficient (Wildman–Crippen LogP) is -1.97. The molecule has 0 saturated heterocycles. The molecule has 7 N–H and O–H groups in total. The Morgan fingerprint density at radius 2 is 2.11 bits per heavy atom. The number of aromatic hydroxyl groups is 1. The van der Waals surface area contributed by atoms with Crippen molar-refractivity contribution < 1.29 is 25.2 Å². The number of aromatic nitrogens is 2. The van der Waals surface area contributed by atoms with E-state index in [9.17, 15) is 20.1 Å². The second-order valence-electron chi connectivity index (χ2n) is 4.46. The molecule has 4 atom stereocenters. The molecule has 1 aliphatic rings. The van der Waals surface area contributed by atoms with Crippen LogP contribution in [0.25, 0.3) is 0 Å². The Labute approximate surface area is 102 Å². The third kappa shape index (κ3) is 1.84. The maximum absolute atomic E-state index is 11.0. The van der Waals surface area contributed by atoms with Crippen molar-refractivity contribution in [2.75, 3.05) is 6.61 Å². The van der Waals surface area contributed by atoms with Crippen molar-refractivity contribution in [1.29, 1.82) is 0 Å². The lowest BCUT2D eigenvalue weighted by atomic mass is 9.99. The number of rotatable bonds is 3. The SMILES string of the molecule is NC(=O)c1[nH]nc([C@@H]2C[C@H](CO)[C@@H](O)[C@H]2O)c1O. The van der Waals surface area contributed by atoms with Crippen LogP contribution in [-0.2, 0) is 0 Å². The summed E-state index contributed by atoms with van der Waals surface area (Å²) in [5.74, 6) is -2.42. The summed E-state index contributed by atoms with van der Waals surface area (Å²) in [7, 11) is 0. The molecule has 0 unspecified atom stereocenters. The first-order chi connectivity index (χ1) is 8.47. The van der Waals surface area contributed by atoms with Gasteiger partial charge in [-0.3, -0.25) is 9.89 Å². The van der Waals surface area contributed by atoms with Crippen molar-refractivity contribution in [2.24, 2.45) is 11.7 Å². The Bertz CT molecular complexity index is 460. The van der Waals surface area contributed by atoms with Gasteiger partial charge in [-0.25, -0.2) is 0 Å². The number of hydrogen-bond acceptors (Lipinski definition) is 6. The number of nitrogens with zero attached hydrogens (tertiary/aromatic N) is 1. The average Bonchev–Trinajstić information content (AvgIpc) is 2.82. The van der Waals surface area contributed by atoms with E-state index in [-0.39, 0.29) is 24.4 Å². The molecule has 2 rings (SSSR count). The topological polar surface area (TPSA) is 153 Å². The van der Waals surface area contributed by atoms with Crippen LogP contribution in [-0.4, -0.2) is 55.3 Å². The van der Waals surface area contributed by atoms with Crippen molar-refractivity contribution in [3.63, 3.8) is 0 Å². The van der Waals surface area contributed by atoms with Crippen molar-refractivity contribution in [3.8, 4) is 5.75 Å². The lowest BCUT2D eigenvalue weighted by Gasteiger charge is -2.15. The van der Waals surface area contributed by atoms with Gasteiger partial charge in [-0.15, -0.1) is 0 Å². The number of aromatic amines is 1. The summed E-state index contributed by atoms with van der Waals surface area (Å²) >= 11 is 0. The molecule has 1 heterocycles. The van der Waals surface area contributed by atoms with E-state index in [0.717, 1.165) is 0 Å². The van der Waals surface area contributed by atoms with Gasteiger partial charge in [0.15, 0.2) is 11.4 Å². The minimum absolute atomic E-state index is 0.0753. The number of carbonyl (C=O) groups is 1. The molecule has 1 amide bonds. The summed E-state index contributed by atoms with van der Waals surface area (Å²) < 4.78 is 0. The molecule has 1 aliphatic carbocycles. The first kappa shape index (κ1) is 12.8. The number of carbonyl (C=O) groups excluding carboxylic acids is 1. The number of primary amides is 1. The van der Waals surface area contributed by atoms with Gasteiger partial charge >= 0.3 is 0 Å². The van der Waals surface area contributed by atoms with Crippen LogP contribution in [0, 0.1) is 5.92 Å². The average molecular weight is 257 g/mol. The normalized spacial score (nSPS) is 31.7. The van der Waals surface area contributed by atoms with Gasteiger partial charge in [0.2, 0.25) is 0 Å². The smallest absolute Gasteiger partial charge is 0.270 e. The fourth-order valence-electron chi connectivity index (χ4n) is 2.36. The molecule has 8 heteroatoms. The highest BCUT2D eigenvalue weighted by atomic mass is 16.3. The molecule has 0 aliphatic heterocycles. The summed E-state index contributed by atoms with van der Waals surface area (Å²) in [6.07, 6.45) is -1.99. The molecular weight excluding hydrogens is 242 g/mol. The van der Waals surface area contributed by atoms with Gasteiger partial charge in [0.1, 0.15) is 5.69 Å². The highest BCUT2D eigenvalue weighted by Gasteiger charge is 2.44. The van der Waals surface area contributed by atoms with E-state index in [1.165, 1.54) is 0 Å². The lowest BCUT2D eigenvalue weighted by Crippen LogP contribution is -2.28. The standard InChI is InChI=1S/C10H15N3O5/c11-10(18)6-9(17)5(12-13-6)4-1-3(2-14)7(15)8(4)16/h3-4,7-8,14-17H,1-2H2,(H2,11,18)(H,12,13)/t3-,4+,7-,8+/m1/s1. The number of nitrogens with one attached hydrogen (secondary N) is 1. The molecule has 8 nitrogen and oxygen atoms in total. The van der Waals surface area contributed by atoms with Crippen molar-refractivity contribution in [1.82, 2.24) is 10.2 Å². The number of aliphatic hydroxyl groups excluding tert-OH is 3. The van der Waals surface area contributed by atoms with Crippen molar-refractivity contribution in [3.05, 3.63) is 11.4 Å². The van der Waals surface area contributed by atoms with Gasteiger partial charge in [0.05, 0.1) is 12.2 Å². The minimum atomic E-state index is -1.16. The van der Waals surface area contributed by atoms with Gasteiger partial charge in [-0.2, -0.15) is 5.10 Å². The summed E-state index contributed by atoms with van der Waals surface area (Å²) in [5, 5.41) is 44.4. The number of nitrogens with two attached hydrogens (primary N) is 1. The van der Waals surface area contributed by atoms with E-state index in [0.29, 0.717) is 0 Å². The van der Waals surface area contributed by atoms with Crippen LogP contribution in [0.15, 0.2) is 0 Å². The summed E-state index contributed by atoms with van der Waals surface area (Å²) in [4.78, 5) is 11.0. The fourth-order valence-corrected chi connectivity index (χ4v) is 2.36. The molecule has 1 saturated carbocycles. The molecule has 1 aromatic heterocycles. The highest BCUT2D eigenvalue weighted by molar-refractivity contribution is 5.93. The van der Waals surface area contributed by atoms with Crippen LogP contribution < -0.4 is 5.73 Å². The molecule has 0 aromatic carbocycles. The second kappa shape index (κ2) is 4.56. The van der Waals surface area contributed by atoms with E-state index in [1.54, 1.807) is 0 Å². The van der Waals surface area contributed by atoms with E-state index in [1.807, 2.05) is 0 Å². The monoisotopic (exact) mass is 257 g/mol. The van der Waals surface area contributed by atoms with Crippen molar-refractivity contribution in [2.45, 2.75) is 24.5 Å². The maximum atomic E-state index is 11.0. The second-order valence-corrected chi connectivity index (χ2v) is 4.46. The first-order valence-corrected chi connectivity index (χ1v) is 5.51. The largest absolute Gasteiger partial charge is 0.504 e. The quantitative estimate of drug-likeness (QED) is 0.369. The minimum Gasteiger partial charge on any atom is -0.504 e. The first-order valence-electron chi connectivity index (χ1n) is 5.51. The molecule has 0 radical (unpaired) electrons. The maximum Gasteiger partial charge on any atom is 0.270 e. The highest BCUT2D eigenvalue weighted by Crippen LogP contribution is 2.41. The van der Waals surface area contributed by atoms with E-state index >= 15 is 0 Å². The summed E-state index contributed by atoms with van der Waals surface area (Å²) in [5.41, 5.74) is 4.86. The lowest BCUT2D eigenvalue weighted by molar-refractivity contribution is 0.00187. The Morgan fingerprint density at radius 1 is 1.44 bits per heavy atom. The molecule has 0 bridgehead atoms. The Kier molecular flexibility index (Phi) is 3.24. The molecule has 100 valence electrons. The van der Waals surface area contributed by atoms with E-state index < -0.39 is 35.7 Å². The Morgan fingerprint density at radius 3 is 2.56 bits per heavy atom. The van der Waals surface area contributed by atoms with Crippen LogP contribution in [0.4, 0.5) is 0 Å². The van der Waals surface area contributed by atoms with Crippen LogP contribution in [0.5, 0.6) is 5.75 Å². The van der Waals surface area contributed by atoms with E-state index in [4.69, 9.17) is 10.8 Å².